The Balaban J connectivity index is 2.10. The fourth-order valence-electron chi connectivity index (χ4n) is 3.81. The summed E-state index contributed by atoms with van der Waals surface area (Å²) in [6.45, 7) is 8.63. The van der Waals surface area contributed by atoms with Gasteiger partial charge in [-0.05, 0) is 30.6 Å². The van der Waals surface area contributed by atoms with E-state index in [1.54, 1.807) is 0 Å². The van der Waals surface area contributed by atoms with Crippen LogP contribution in [0.4, 0.5) is 0 Å². The van der Waals surface area contributed by atoms with Gasteiger partial charge in [-0.2, -0.15) is 0 Å². The monoisotopic (exact) mass is 255 g/mol. The predicted octanol–water partition coefficient (Wildman–Crippen LogP) is 1.99. The lowest BCUT2D eigenvalue weighted by atomic mass is 9.70. The lowest BCUT2D eigenvalue weighted by Gasteiger charge is -2.47. The number of morpholine rings is 1. The molecular formula is C14H25NO3. The molecule has 1 N–H and O–H groups in total. The molecule has 2 aliphatic rings. The molecule has 104 valence electrons. The van der Waals surface area contributed by atoms with Crippen molar-refractivity contribution in [3.63, 3.8) is 0 Å². The van der Waals surface area contributed by atoms with Gasteiger partial charge in [0.05, 0.1) is 13.2 Å². The largest absolute Gasteiger partial charge is 0.480 e. The maximum atomic E-state index is 11.3. The van der Waals surface area contributed by atoms with E-state index in [2.05, 4.69) is 25.7 Å². The Bertz CT molecular complexity index is 316. The molecule has 0 amide bonds. The van der Waals surface area contributed by atoms with Crippen LogP contribution in [0.15, 0.2) is 0 Å². The van der Waals surface area contributed by atoms with Gasteiger partial charge in [0.2, 0.25) is 0 Å². The first kappa shape index (κ1) is 13.8. The molecule has 1 aliphatic carbocycles. The number of nitrogens with zero attached hydrogens (tertiary/aromatic N) is 1. The molecule has 0 bridgehead atoms. The van der Waals surface area contributed by atoms with E-state index in [4.69, 9.17) is 4.74 Å². The maximum Gasteiger partial charge on any atom is 0.323 e. The third-order valence-electron chi connectivity index (χ3n) is 4.29. The van der Waals surface area contributed by atoms with Crippen molar-refractivity contribution in [2.75, 3.05) is 19.8 Å². The van der Waals surface area contributed by atoms with E-state index < -0.39 is 12.0 Å². The molecule has 0 aromatic heterocycles. The van der Waals surface area contributed by atoms with Crippen LogP contribution in [0.25, 0.3) is 0 Å². The molecule has 18 heavy (non-hydrogen) atoms. The van der Waals surface area contributed by atoms with Crippen LogP contribution in [0, 0.1) is 11.3 Å². The molecule has 1 heterocycles. The number of carboxylic acids is 1. The standard InChI is InChI=1S/C14H25NO3/c1-10-6-11(8-14(2,3)7-10)15-4-5-18-9-12(15)13(16)17/h10-12H,4-9H2,1-3H3,(H,16,17). The fraction of sp³-hybridized carbons (Fsp3) is 0.929. The number of carbonyl (C=O) groups is 1. The van der Waals surface area contributed by atoms with Gasteiger partial charge < -0.3 is 9.84 Å². The average Bonchev–Trinajstić information content (AvgIpc) is 2.26. The number of aliphatic carboxylic acids is 1. The summed E-state index contributed by atoms with van der Waals surface area (Å²) >= 11 is 0. The molecule has 0 spiro atoms. The van der Waals surface area contributed by atoms with Crippen LogP contribution >= 0.6 is 0 Å². The lowest BCUT2D eigenvalue weighted by Crippen LogP contribution is -2.56. The first-order valence-corrected chi connectivity index (χ1v) is 6.95. The van der Waals surface area contributed by atoms with Gasteiger partial charge in [-0.1, -0.05) is 20.8 Å². The van der Waals surface area contributed by atoms with Crippen LogP contribution in [-0.4, -0.2) is 47.8 Å². The zero-order valence-corrected chi connectivity index (χ0v) is 11.7. The van der Waals surface area contributed by atoms with E-state index in [0.29, 0.717) is 30.6 Å². The van der Waals surface area contributed by atoms with Crippen molar-refractivity contribution in [3.05, 3.63) is 0 Å². The zero-order valence-electron chi connectivity index (χ0n) is 11.7. The predicted molar refractivity (Wildman–Crippen MR) is 69.5 cm³/mol. The highest BCUT2D eigenvalue weighted by atomic mass is 16.5. The lowest BCUT2D eigenvalue weighted by molar-refractivity contribution is -0.153. The SMILES string of the molecule is CC1CC(N2CCOCC2C(=O)O)CC(C)(C)C1. The zero-order chi connectivity index (χ0) is 13.3. The number of hydrogen-bond donors (Lipinski definition) is 1. The van der Waals surface area contributed by atoms with Crippen molar-refractivity contribution in [1.82, 2.24) is 4.90 Å². The molecule has 2 fully saturated rings. The van der Waals surface area contributed by atoms with E-state index in [1.165, 1.54) is 6.42 Å². The van der Waals surface area contributed by atoms with Crippen LogP contribution in [0.3, 0.4) is 0 Å². The minimum absolute atomic E-state index is 0.323. The topological polar surface area (TPSA) is 49.8 Å². The Labute approximate surface area is 109 Å². The van der Waals surface area contributed by atoms with Gasteiger partial charge in [0.1, 0.15) is 6.04 Å². The summed E-state index contributed by atoms with van der Waals surface area (Å²) < 4.78 is 5.32. The molecule has 1 saturated heterocycles. The highest BCUT2D eigenvalue weighted by Gasteiger charge is 2.40. The molecule has 3 atom stereocenters. The van der Waals surface area contributed by atoms with Crippen LogP contribution in [0.1, 0.15) is 40.0 Å². The third kappa shape index (κ3) is 3.04. The summed E-state index contributed by atoms with van der Waals surface area (Å²) in [6.07, 6.45) is 3.46. The second kappa shape index (κ2) is 5.17. The third-order valence-corrected chi connectivity index (χ3v) is 4.29. The Kier molecular flexibility index (Phi) is 3.97. The van der Waals surface area contributed by atoms with E-state index >= 15 is 0 Å². The van der Waals surface area contributed by atoms with Gasteiger partial charge in [-0.15, -0.1) is 0 Å². The summed E-state index contributed by atoms with van der Waals surface area (Å²) in [5.41, 5.74) is 0.323. The van der Waals surface area contributed by atoms with Gasteiger partial charge >= 0.3 is 5.97 Å². The van der Waals surface area contributed by atoms with Gasteiger partial charge in [0.15, 0.2) is 0 Å². The maximum absolute atomic E-state index is 11.3. The van der Waals surface area contributed by atoms with E-state index in [0.717, 1.165) is 19.4 Å². The van der Waals surface area contributed by atoms with E-state index in [-0.39, 0.29) is 0 Å². The molecule has 1 aliphatic heterocycles. The van der Waals surface area contributed by atoms with E-state index in [9.17, 15) is 9.90 Å². The fourth-order valence-corrected chi connectivity index (χ4v) is 3.81. The molecule has 0 aromatic rings. The molecule has 4 nitrogen and oxygen atoms in total. The van der Waals surface area contributed by atoms with Crippen LogP contribution in [-0.2, 0) is 9.53 Å². The van der Waals surface area contributed by atoms with Crippen molar-refractivity contribution >= 4 is 5.97 Å². The molecule has 0 aromatic carbocycles. The number of rotatable bonds is 2. The average molecular weight is 255 g/mol. The molecule has 3 unspecified atom stereocenters. The summed E-state index contributed by atoms with van der Waals surface area (Å²) in [7, 11) is 0. The van der Waals surface area contributed by atoms with Gasteiger partial charge in [0.25, 0.3) is 0 Å². The normalized spacial score (nSPS) is 37.4. The minimum atomic E-state index is -0.745. The van der Waals surface area contributed by atoms with E-state index in [1.807, 2.05) is 0 Å². The Hall–Kier alpha value is -0.610. The highest BCUT2D eigenvalue weighted by Crippen LogP contribution is 2.41. The van der Waals surface area contributed by atoms with Crippen molar-refractivity contribution in [2.24, 2.45) is 11.3 Å². The molecule has 1 saturated carbocycles. The van der Waals surface area contributed by atoms with Crippen LogP contribution < -0.4 is 0 Å². The van der Waals surface area contributed by atoms with Crippen molar-refractivity contribution in [1.29, 1.82) is 0 Å². The first-order chi connectivity index (χ1) is 8.39. The minimum Gasteiger partial charge on any atom is -0.480 e. The Morgan fingerprint density at radius 2 is 2.11 bits per heavy atom. The van der Waals surface area contributed by atoms with Crippen molar-refractivity contribution in [3.8, 4) is 0 Å². The number of carboxylic acid groups (broad SMARTS) is 1. The van der Waals surface area contributed by atoms with Gasteiger partial charge in [-0.3, -0.25) is 9.69 Å². The second-order valence-electron chi connectivity index (χ2n) is 6.73. The van der Waals surface area contributed by atoms with Gasteiger partial charge in [-0.25, -0.2) is 0 Å². The molecule has 4 heteroatoms. The van der Waals surface area contributed by atoms with Crippen LogP contribution in [0.5, 0.6) is 0 Å². The Morgan fingerprint density at radius 3 is 2.72 bits per heavy atom. The Morgan fingerprint density at radius 1 is 1.39 bits per heavy atom. The van der Waals surface area contributed by atoms with Gasteiger partial charge in [0, 0.05) is 12.6 Å². The summed E-state index contributed by atoms with van der Waals surface area (Å²) in [5, 5.41) is 9.31. The van der Waals surface area contributed by atoms with Crippen LogP contribution in [0.2, 0.25) is 0 Å². The second-order valence-corrected chi connectivity index (χ2v) is 6.73. The number of hydrogen-bond acceptors (Lipinski definition) is 3. The first-order valence-electron chi connectivity index (χ1n) is 6.95. The summed E-state index contributed by atoms with van der Waals surface area (Å²) in [5.74, 6) is -0.0678. The molecular weight excluding hydrogens is 230 g/mol. The summed E-state index contributed by atoms with van der Waals surface area (Å²) in [4.78, 5) is 13.5. The molecule has 0 radical (unpaired) electrons. The summed E-state index contributed by atoms with van der Waals surface area (Å²) in [6, 6.07) is -0.0569. The quantitative estimate of drug-likeness (QED) is 0.820. The smallest absolute Gasteiger partial charge is 0.323 e. The number of ether oxygens (including phenoxy) is 1. The van der Waals surface area contributed by atoms with Crippen molar-refractivity contribution < 1.29 is 14.6 Å². The van der Waals surface area contributed by atoms with Crippen molar-refractivity contribution in [2.45, 2.75) is 52.1 Å². The highest BCUT2D eigenvalue weighted by molar-refractivity contribution is 5.73. The molecule has 2 rings (SSSR count).